The third-order valence-corrected chi connectivity index (χ3v) is 2.88. The van der Waals surface area contributed by atoms with E-state index in [1.54, 1.807) is 5.43 Å². The van der Waals surface area contributed by atoms with Crippen LogP contribution in [-0.2, 0) is 4.79 Å². The SMILES string of the molecule is CC(C)C(C)C.NC(=O)C(CCCN=C(N)N)N[N+](=O)[O-]. The van der Waals surface area contributed by atoms with E-state index in [1.165, 1.54) is 0 Å². The highest BCUT2D eigenvalue weighted by Crippen LogP contribution is 2.05. The fourth-order valence-electron chi connectivity index (χ4n) is 0.901. The minimum Gasteiger partial charge on any atom is -0.370 e. The highest BCUT2D eigenvalue weighted by atomic mass is 16.7. The van der Waals surface area contributed by atoms with Crippen LogP contribution in [0.4, 0.5) is 0 Å². The van der Waals surface area contributed by atoms with E-state index in [4.69, 9.17) is 17.2 Å². The first-order valence-electron chi connectivity index (χ1n) is 6.83. The number of aliphatic imine (C=N–C) groups is 1. The topological polar surface area (TPSA) is 163 Å². The monoisotopic (exact) mass is 304 g/mol. The van der Waals surface area contributed by atoms with Gasteiger partial charge in [-0.1, -0.05) is 27.7 Å². The molecule has 0 radical (unpaired) electrons. The van der Waals surface area contributed by atoms with Crippen molar-refractivity contribution in [2.75, 3.05) is 6.54 Å². The molecule has 124 valence electrons. The van der Waals surface area contributed by atoms with Gasteiger partial charge in [0.25, 0.3) is 0 Å². The van der Waals surface area contributed by atoms with Gasteiger partial charge < -0.3 is 17.2 Å². The Kier molecular flexibility index (Phi) is 11.9. The fraction of sp³-hybridized carbons (Fsp3) is 0.833. The molecule has 0 aliphatic rings. The molecule has 0 aromatic rings. The molecule has 0 bridgehead atoms. The number of amides is 1. The van der Waals surface area contributed by atoms with Gasteiger partial charge in [-0.2, -0.15) is 0 Å². The van der Waals surface area contributed by atoms with Crippen molar-refractivity contribution in [1.82, 2.24) is 5.43 Å². The number of primary amides is 1. The van der Waals surface area contributed by atoms with Crippen LogP contribution in [0, 0.1) is 22.0 Å². The summed E-state index contributed by atoms with van der Waals surface area (Å²) < 4.78 is 0. The lowest BCUT2D eigenvalue weighted by Gasteiger charge is -2.08. The smallest absolute Gasteiger partial charge is 0.245 e. The lowest BCUT2D eigenvalue weighted by Crippen LogP contribution is -2.44. The summed E-state index contributed by atoms with van der Waals surface area (Å²) in [5, 5.41) is 9.26. The second-order valence-electron chi connectivity index (χ2n) is 5.28. The van der Waals surface area contributed by atoms with Crippen LogP contribution in [0.5, 0.6) is 0 Å². The lowest BCUT2D eigenvalue weighted by molar-refractivity contribution is -0.548. The zero-order valence-electron chi connectivity index (χ0n) is 13.2. The van der Waals surface area contributed by atoms with Crippen LogP contribution < -0.4 is 22.6 Å². The molecule has 1 atom stereocenters. The van der Waals surface area contributed by atoms with E-state index in [2.05, 4.69) is 32.7 Å². The number of carbonyl (C=O) groups is 1. The summed E-state index contributed by atoms with van der Waals surface area (Å²) >= 11 is 0. The van der Waals surface area contributed by atoms with Crippen LogP contribution in [0.1, 0.15) is 40.5 Å². The van der Waals surface area contributed by atoms with E-state index in [-0.39, 0.29) is 12.4 Å². The summed E-state index contributed by atoms with van der Waals surface area (Å²) in [6, 6.07) is -1.01. The van der Waals surface area contributed by atoms with Gasteiger partial charge in [-0.15, -0.1) is 5.43 Å². The van der Waals surface area contributed by atoms with E-state index in [0.29, 0.717) is 13.0 Å². The van der Waals surface area contributed by atoms with Gasteiger partial charge in [0.05, 0.1) is 0 Å². The summed E-state index contributed by atoms with van der Waals surface area (Å²) in [5.74, 6) is 0.860. The molecule has 0 saturated heterocycles. The standard InChI is InChI=1S/C6H14N6O3.C6H14/c7-5(13)4(11-12(14)15)2-1-3-10-6(8)9;1-5(2)6(3)4/h4,11H,1-3H2,(H2,7,13)(H4,8,9,10);5-6H,1-4H3. The molecule has 0 fully saturated rings. The normalized spacial score (nSPS) is 11.3. The molecule has 9 nitrogen and oxygen atoms in total. The fourth-order valence-corrected chi connectivity index (χ4v) is 0.901. The van der Waals surface area contributed by atoms with Crippen molar-refractivity contribution in [3.8, 4) is 0 Å². The second-order valence-corrected chi connectivity index (χ2v) is 5.28. The summed E-state index contributed by atoms with van der Waals surface area (Å²) in [4.78, 5) is 24.5. The quantitative estimate of drug-likeness (QED) is 0.162. The Hall–Kier alpha value is -2.06. The molecule has 0 aliphatic heterocycles. The summed E-state index contributed by atoms with van der Waals surface area (Å²) in [7, 11) is 0. The van der Waals surface area contributed by atoms with Crippen LogP contribution in [0.25, 0.3) is 0 Å². The Morgan fingerprint density at radius 1 is 1.19 bits per heavy atom. The average Bonchev–Trinajstić information content (AvgIpc) is 2.32. The molecule has 0 aliphatic carbocycles. The largest absolute Gasteiger partial charge is 0.370 e. The highest BCUT2D eigenvalue weighted by Gasteiger charge is 2.18. The van der Waals surface area contributed by atoms with Gasteiger partial charge >= 0.3 is 0 Å². The number of nitrogens with two attached hydrogens (primary N) is 3. The molecule has 1 unspecified atom stereocenters. The number of hydrogen-bond acceptors (Lipinski definition) is 4. The molecule has 1 amide bonds. The Morgan fingerprint density at radius 2 is 1.67 bits per heavy atom. The van der Waals surface area contributed by atoms with E-state index in [0.717, 1.165) is 11.8 Å². The first-order chi connectivity index (χ1) is 9.57. The maximum Gasteiger partial charge on any atom is 0.245 e. The Bertz CT molecular complexity index is 334. The van der Waals surface area contributed by atoms with E-state index < -0.39 is 17.0 Å². The average molecular weight is 304 g/mol. The van der Waals surface area contributed by atoms with Crippen molar-refractivity contribution in [3.05, 3.63) is 10.1 Å². The highest BCUT2D eigenvalue weighted by molar-refractivity contribution is 5.79. The van der Waals surface area contributed by atoms with Crippen LogP contribution in [-0.4, -0.2) is 29.5 Å². The molecule has 7 N–H and O–H groups in total. The number of nitrogens with one attached hydrogen (secondary N) is 1. The van der Waals surface area contributed by atoms with Crippen molar-refractivity contribution < 1.29 is 9.83 Å². The Morgan fingerprint density at radius 3 is 1.95 bits per heavy atom. The third-order valence-electron chi connectivity index (χ3n) is 2.88. The third kappa shape index (κ3) is 15.9. The van der Waals surface area contributed by atoms with E-state index >= 15 is 0 Å². The molecular formula is C12H28N6O3. The van der Waals surface area contributed by atoms with Crippen molar-refractivity contribution in [2.24, 2.45) is 34.0 Å². The molecule has 0 spiro atoms. The number of hydrogen-bond donors (Lipinski definition) is 4. The van der Waals surface area contributed by atoms with Crippen molar-refractivity contribution >= 4 is 11.9 Å². The number of rotatable bonds is 8. The zero-order valence-corrected chi connectivity index (χ0v) is 13.2. The van der Waals surface area contributed by atoms with Crippen molar-refractivity contribution in [3.63, 3.8) is 0 Å². The number of carbonyl (C=O) groups excluding carboxylic acids is 1. The lowest BCUT2D eigenvalue weighted by atomic mass is 10.0. The predicted octanol–water partition coefficient (Wildman–Crippen LogP) is -0.0264. The van der Waals surface area contributed by atoms with Crippen LogP contribution in [0.15, 0.2) is 4.99 Å². The van der Waals surface area contributed by atoms with E-state index in [1.807, 2.05) is 0 Å². The summed E-state index contributed by atoms with van der Waals surface area (Å²) in [5.41, 5.74) is 16.9. The molecule has 0 heterocycles. The summed E-state index contributed by atoms with van der Waals surface area (Å²) in [6.07, 6.45) is 0.624. The first-order valence-corrected chi connectivity index (χ1v) is 6.83. The van der Waals surface area contributed by atoms with Crippen molar-refractivity contribution in [2.45, 2.75) is 46.6 Å². The summed E-state index contributed by atoms with van der Waals surface area (Å²) in [6.45, 7) is 9.26. The first kappa shape index (κ1) is 21.2. The molecule has 0 aromatic carbocycles. The second kappa shape index (κ2) is 11.7. The van der Waals surface area contributed by atoms with Gasteiger partial charge in [0.15, 0.2) is 17.0 Å². The maximum atomic E-state index is 10.7. The van der Waals surface area contributed by atoms with Gasteiger partial charge in [-0.05, 0) is 24.7 Å². The van der Waals surface area contributed by atoms with Gasteiger partial charge in [0.1, 0.15) is 0 Å². The van der Waals surface area contributed by atoms with Gasteiger partial charge in [0.2, 0.25) is 5.91 Å². The molecular weight excluding hydrogens is 276 g/mol. The molecule has 9 heteroatoms. The molecule has 0 aromatic heterocycles. The number of hydrazine groups is 1. The maximum absolute atomic E-state index is 10.7. The van der Waals surface area contributed by atoms with Crippen molar-refractivity contribution in [1.29, 1.82) is 0 Å². The van der Waals surface area contributed by atoms with Crippen LogP contribution >= 0.6 is 0 Å². The Labute approximate surface area is 125 Å². The van der Waals surface area contributed by atoms with Gasteiger partial charge in [0, 0.05) is 6.54 Å². The predicted molar refractivity (Wildman–Crippen MR) is 82.7 cm³/mol. The number of guanidine groups is 1. The van der Waals surface area contributed by atoms with Crippen LogP contribution in [0.3, 0.4) is 0 Å². The zero-order chi connectivity index (χ0) is 17.0. The number of nitrogens with zero attached hydrogens (tertiary/aromatic N) is 2. The Balaban J connectivity index is 0. The number of nitro groups is 1. The van der Waals surface area contributed by atoms with Gasteiger partial charge in [-0.3, -0.25) is 9.79 Å². The minimum atomic E-state index is -1.01. The van der Waals surface area contributed by atoms with Gasteiger partial charge in [-0.25, -0.2) is 10.1 Å². The minimum absolute atomic E-state index is 0.0622. The van der Waals surface area contributed by atoms with E-state index in [9.17, 15) is 14.9 Å². The molecule has 21 heavy (non-hydrogen) atoms. The molecule has 0 saturated carbocycles. The van der Waals surface area contributed by atoms with Crippen LogP contribution in [0.2, 0.25) is 0 Å². The molecule has 0 rings (SSSR count).